The first-order valence-electron chi connectivity index (χ1n) is 8.16. The fourth-order valence-electron chi connectivity index (χ4n) is 2.91. The van der Waals surface area contributed by atoms with E-state index in [4.69, 9.17) is 4.74 Å². The fourth-order valence-corrected chi connectivity index (χ4v) is 4.06. The minimum atomic E-state index is -0.130. The molecule has 1 aliphatic heterocycles. The lowest BCUT2D eigenvalue weighted by atomic mass is 10.2. The molecule has 1 fully saturated rings. The second kappa shape index (κ2) is 7.25. The molecule has 1 saturated heterocycles. The van der Waals surface area contributed by atoms with Crippen LogP contribution in [0.4, 0.5) is 5.69 Å². The van der Waals surface area contributed by atoms with Crippen LogP contribution in [0.1, 0.15) is 25.6 Å². The number of aryl methyl sites for hydroxylation is 1. The number of methoxy groups -OCH3 is 1. The second-order valence-corrected chi connectivity index (χ2v) is 6.91. The van der Waals surface area contributed by atoms with Crippen LogP contribution < -0.4 is 9.64 Å². The zero-order chi connectivity index (χ0) is 17.1. The molecule has 24 heavy (non-hydrogen) atoms. The molecule has 6 nitrogen and oxygen atoms in total. The van der Waals surface area contributed by atoms with Crippen molar-refractivity contribution in [3.05, 3.63) is 30.1 Å². The first-order valence-corrected chi connectivity index (χ1v) is 9.04. The summed E-state index contributed by atoms with van der Waals surface area (Å²) in [5, 5.41) is 9.10. The lowest BCUT2D eigenvalue weighted by Crippen LogP contribution is -2.28. The molecule has 7 heteroatoms. The third-order valence-corrected chi connectivity index (χ3v) is 5.36. The second-order valence-electron chi connectivity index (χ2n) is 5.74. The summed E-state index contributed by atoms with van der Waals surface area (Å²) in [5.74, 6) is 1.72. The van der Waals surface area contributed by atoms with Gasteiger partial charge in [-0.25, -0.2) is 0 Å². The lowest BCUT2D eigenvalue weighted by molar-refractivity contribution is -0.116. The number of carbonyl (C=O) groups excluding carboxylic acids is 1. The number of hydrogen-bond acceptors (Lipinski definition) is 5. The van der Waals surface area contributed by atoms with E-state index >= 15 is 0 Å². The van der Waals surface area contributed by atoms with E-state index in [0.29, 0.717) is 6.54 Å². The SMILES string of the molecule is CCCn1c(C)nnc1S[C@H]1CCN(c2ccccc2OC)C1=O. The van der Waals surface area contributed by atoms with Crippen molar-refractivity contribution in [1.29, 1.82) is 0 Å². The zero-order valence-electron chi connectivity index (χ0n) is 14.2. The molecule has 0 bridgehead atoms. The summed E-state index contributed by atoms with van der Waals surface area (Å²) >= 11 is 1.52. The van der Waals surface area contributed by atoms with Gasteiger partial charge in [0.15, 0.2) is 5.16 Å². The normalized spacial score (nSPS) is 17.5. The van der Waals surface area contributed by atoms with E-state index in [9.17, 15) is 4.79 Å². The van der Waals surface area contributed by atoms with Crippen LogP contribution in [0.3, 0.4) is 0 Å². The lowest BCUT2D eigenvalue weighted by Gasteiger charge is -2.19. The van der Waals surface area contributed by atoms with Crippen molar-refractivity contribution in [1.82, 2.24) is 14.8 Å². The van der Waals surface area contributed by atoms with Gasteiger partial charge in [-0.15, -0.1) is 10.2 Å². The van der Waals surface area contributed by atoms with Crippen LogP contribution in [-0.4, -0.2) is 39.6 Å². The van der Waals surface area contributed by atoms with Crippen LogP contribution in [-0.2, 0) is 11.3 Å². The van der Waals surface area contributed by atoms with Crippen LogP contribution in [0.25, 0.3) is 0 Å². The predicted molar refractivity (Wildman–Crippen MR) is 94.7 cm³/mol. The number of para-hydroxylation sites is 2. The van der Waals surface area contributed by atoms with Gasteiger partial charge in [0, 0.05) is 13.1 Å². The molecule has 0 radical (unpaired) electrons. The van der Waals surface area contributed by atoms with E-state index in [1.54, 1.807) is 7.11 Å². The number of anilines is 1. The molecular weight excluding hydrogens is 324 g/mol. The molecule has 1 aromatic carbocycles. The number of benzene rings is 1. The van der Waals surface area contributed by atoms with Gasteiger partial charge in [0.1, 0.15) is 11.6 Å². The molecule has 2 aromatic rings. The molecule has 0 N–H and O–H groups in total. The van der Waals surface area contributed by atoms with Gasteiger partial charge >= 0.3 is 0 Å². The quantitative estimate of drug-likeness (QED) is 0.805. The number of carbonyl (C=O) groups is 1. The van der Waals surface area contributed by atoms with Crippen LogP contribution in [0, 0.1) is 6.92 Å². The van der Waals surface area contributed by atoms with Crippen molar-refractivity contribution in [3.63, 3.8) is 0 Å². The predicted octanol–water partition coefficient (Wildman–Crippen LogP) is 2.90. The Morgan fingerprint density at radius 3 is 2.88 bits per heavy atom. The van der Waals surface area contributed by atoms with Crippen LogP contribution in [0.2, 0.25) is 0 Å². The van der Waals surface area contributed by atoms with Crippen LogP contribution in [0.5, 0.6) is 5.75 Å². The summed E-state index contributed by atoms with van der Waals surface area (Å²) in [4.78, 5) is 14.7. The summed E-state index contributed by atoms with van der Waals surface area (Å²) in [5.41, 5.74) is 0.833. The van der Waals surface area contributed by atoms with Crippen molar-refractivity contribution in [2.45, 2.75) is 43.6 Å². The third kappa shape index (κ3) is 3.13. The average Bonchev–Trinajstić information content (AvgIpc) is 3.13. The minimum Gasteiger partial charge on any atom is -0.495 e. The Balaban J connectivity index is 1.77. The monoisotopic (exact) mass is 346 g/mol. The maximum Gasteiger partial charge on any atom is 0.240 e. The van der Waals surface area contributed by atoms with E-state index in [2.05, 4.69) is 21.7 Å². The molecule has 1 aliphatic rings. The van der Waals surface area contributed by atoms with Crippen LogP contribution in [0.15, 0.2) is 29.4 Å². The van der Waals surface area contributed by atoms with Gasteiger partial charge in [0.2, 0.25) is 5.91 Å². The number of rotatable bonds is 6. The molecule has 0 saturated carbocycles. The number of thioether (sulfide) groups is 1. The molecule has 3 rings (SSSR count). The first kappa shape index (κ1) is 16.8. The van der Waals surface area contributed by atoms with Gasteiger partial charge in [-0.2, -0.15) is 0 Å². The van der Waals surface area contributed by atoms with E-state index in [-0.39, 0.29) is 11.2 Å². The Hall–Kier alpha value is -2.02. The van der Waals surface area contributed by atoms with Crippen LogP contribution >= 0.6 is 11.8 Å². The van der Waals surface area contributed by atoms with Gasteiger partial charge < -0.3 is 14.2 Å². The van der Waals surface area contributed by atoms with Crippen molar-refractivity contribution in [2.24, 2.45) is 0 Å². The maximum atomic E-state index is 12.8. The molecule has 1 amide bonds. The largest absolute Gasteiger partial charge is 0.495 e. The molecular formula is C17H22N4O2S. The van der Waals surface area contributed by atoms with Gasteiger partial charge in [0.25, 0.3) is 0 Å². The average molecular weight is 346 g/mol. The molecule has 1 aromatic heterocycles. The van der Waals surface area contributed by atoms with Crippen molar-refractivity contribution >= 4 is 23.4 Å². The Morgan fingerprint density at radius 2 is 2.12 bits per heavy atom. The topological polar surface area (TPSA) is 60.3 Å². The van der Waals surface area contributed by atoms with Gasteiger partial charge in [-0.05, 0) is 31.9 Å². The van der Waals surface area contributed by atoms with Gasteiger partial charge in [0.05, 0.1) is 18.0 Å². The molecule has 1 atom stereocenters. The Labute approximate surface area is 146 Å². The number of aromatic nitrogens is 3. The molecule has 0 aliphatic carbocycles. The Morgan fingerprint density at radius 1 is 1.33 bits per heavy atom. The van der Waals surface area contributed by atoms with Gasteiger partial charge in [-0.1, -0.05) is 30.8 Å². The number of hydrogen-bond donors (Lipinski definition) is 0. The summed E-state index contributed by atoms with van der Waals surface area (Å²) in [7, 11) is 1.63. The summed E-state index contributed by atoms with van der Waals surface area (Å²) in [6, 6.07) is 7.63. The highest BCUT2D eigenvalue weighted by molar-refractivity contribution is 8.00. The summed E-state index contributed by atoms with van der Waals surface area (Å²) in [6.07, 6.45) is 1.80. The maximum absolute atomic E-state index is 12.8. The molecule has 0 unspecified atom stereocenters. The third-order valence-electron chi connectivity index (χ3n) is 4.13. The first-order chi connectivity index (χ1) is 11.7. The smallest absolute Gasteiger partial charge is 0.240 e. The number of amides is 1. The Kier molecular flexibility index (Phi) is 5.08. The zero-order valence-corrected chi connectivity index (χ0v) is 15.0. The van der Waals surface area contributed by atoms with Crippen molar-refractivity contribution in [3.8, 4) is 5.75 Å². The number of nitrogens with zero attached hydrogens (tertiary/aromatic N) is 4. The number of ether oxygens (including phenoxy) is 1. The molecule has 128 valence electrons. The van der Waals surface area contributed by atoms with E-state index in [1.807, 2.05) is 36.1 Å². The summed E-state index contributed by atoms with van der Waals surface area (Å²) < 4.78 is 7.47. The van der Waals surface area contributed by atoms with Crippen molar-refractivity contribution < 1.29 is 9.53 Å². The fraction of sp³-hybridized carbons (Fsp3) is 0.471. The van der Waals surface area contributed by atoms with Crippen molar-refractivity contribution in [2.75, 3.05) is 18.6 Å². The van der Waals surface area contributed by atoms with Gasteiger partial charge in [-0.3, -0.25) is 4.79 Å². The molecule has 2 heterocycles. The highest BCUT2D eigenvalue weighted by Crippen LogP contribution is 2.36. The highest BCUT2D eigenvalue weighted by Gasteiger charge is 2.35. The standard InChI is InChI=1S/C17H22N4O2S/c1-4-10-20-12(2)18-19-17(20)24-15-9-11-21(16(15)22)13-7-5-6-8-14(13)23-3/h5-8,15H,4,9-11H2,1-3H3/t15-/m0/s1. The minimum absolute atomic E-state index is 0.105. The van der Waals surface area contributed by atoms with E-state index in [0.717, 1.165) is 41.8 Å². The van der Waals surface area contributed by atoms with E-state index < -0.39 is 0 Å². The van der Waals surface area contributed by atoms with E-state index in [1.165, 1.54) is 11.8 Å². The Bertz CT molecular complexity index is 731. The highest BCUT2D eigenvalue weighted by atomic mass is 32.2. The molecule has 0 spiro atoms. The summed E-state index contributed by atoms with van der Waals surface area (Å²) in [6.45, 7) is 5.64.